The van der Waals surface area contributed by atoms with Gasteiger partial charge in [0.05, 0.1) is 16.7 Å². The van der Waals surface area contributed by atoms with Crippen LogP contribution in [0.3, 0.4) is 0 Å². The van der Waals surface area contributed by atoms with Gasteiger partial charge in [-0.25, -0.2) is 9.37 Å². The largest absolute Gasteiger partial charge is 0.327 e. The van der Waals surface area contributed by atoms with E-state index < -0.39 is 0 Å². The lowest BCUT2D eigenvalue weighted by molar-refractivity contribution is -0.117. The normalized spacial score (nSPS) is 16.0. The number of hydrogen-bond donors (Lipinski definition) is 0. The second kappa shape index (κ2) is 8.90. The highest BCUT2D eigenvalue weighted by molar-refractivity contribution is 5.96. The highest BCUT2D eigenvalue weighted by Gasteiger charge is 2.35. The van der Waals surface area contributed by atoms with Gasteiger partial charge in [-0.1, -0.05) is 54.6 Å². The van der Waals surface area contributed by atoms with Crippen LogP contribution in [0.1, 0.15) is 23.7 Å². The first kappa shape index (κ1) is 21.1. The molecule has 0 spiro atoms. The average molecular weight is 436 g/mol. The van der Waals surface area contributed by atoms with Gasteiger partial charge in [0.2, 0.25) is 5.91 Å². The van der Waals surface area contributed by atoms with E-state index in [1.807, 2.05) is 36.4 Å². The van der Waals surface area contributed by atoms with E-state index in [2.05, 4.69) is 22.8 Å². The Morgan fingerprint density at radius 2 is 1.65 bits per heavy atom. The fourth-order valence-electron chi connectivity index (χ4n) is 4.31. The van der Waals surface area contributed by atoms with Crippen molar-refractivity contribution in [2.24, 2.45) is 0 Å². The van der Waals surface area contributed by atoms with E-state index in [1.165, 1.54) is 11.6 Å². The Kier molecular flexibility index (Phi) is 6.05. The Labute approximate surface area is 186 Å². The van der Waals surface area contributed by atoms with Gasteiger partial charge >= 0.3 is 0 Å². The van der Waals surface area contributed by atoms with Crippen molar-refractivity contribution in [2.75, 3.05) is 11.4 Å². The zero-order valence-electron chi connectivity index (χ0n) is 16.9. The summed E-state index contributed by atoms with van der Waals surface area (Å²) in [5.74, 6) is 0.399. The standard InChI is InChI=1S/C25H22FN3O.ClH/c26-20-10-4-6-12-22(20)29-17-19(16-24(29)30)25-27-21-11-5-7-13-23(21)28(25)15-14-18-8-2-1-3-9-18;/h1-13,19H,14-17H2;1H. The molecule has 1 saturated heterocycles. The maximum Gasteiger partial charge on any atom is 0.227 e. The van der Waals surface area contributed by atoms with E-state index in [0.29, 0.717) is 18.7 Å². The van der Waals surface area contributed by atoms with Gasteiger partial charge < -0.3 is 9.47 Å². The molecule has 5 rings (SSSR count). The van der Waals surface area contributed by atoms with Crippen molar-refractivity contribution < 1.29 is 9.18 Å². The zero-order chi connectivity index (χ0) is 20.5. The van der Waals surface area contributed by atoms with Gasteiger partial charge in [0.1, 0.15) is 11.6 Å². The summed E-state index contributed by atoms with van der Waals surface area (Å²) in [5.41, 5.74) is 3.60. The molecule has 158 valence electrons. The Morgan fingerprint density at radius 1 is 0.935 bits per heavy atom. The Morgan fingerprint density at radius 3 is 2.45 bits per heavy atom. The van der Waals surface area contributed by atoms with Crippen LogP contribution in [0.4, 0.5) is 10.1 Å². The molecule has 4 nitrogen and oxygen atoms in total. The van der Waals surface area contributed by atoms with E-state index in [1.54, 1.807) is 23.1 Å². The predicted octanol–water partition coefficient (Wildman–Crippen LogP) is 5.36. The fourth-order valence-corrected chi connectivity index (χ4v) is 4.31. The van der Waals surface area contributed by atoms with Gasteiger partial charge in [0.25, 0.3) is 0 Å². The van der Waals surface area contributed by atoms with Crippen LogP contribution in [0.25, 0.3) is 11.0 Å². The summed E-state index contributed by atoms with van der Waals surface area (Å²) in [4.78, 5) is 19.2. The van der Waals surface area contributed by atoms with Gasteiger partial charge in [0, 0.05) is 25.4 Å². The number of aromatic nitrogens is 2. The molecule has 4 aromatic rings. The van der Waals surface area contributed by atoms with Crippen LogP contribution in [-0.2, 0) is 17.8 Å². The SMILES string of the molecule is Cl.O=C1CC(c2nc3ccccc3n2CCc2ccccc2)CN1c1ccccc1F. The predicted molar refractivity (Wildman–Crippen MR) is 123 cm³/mol. The van der Waals surface area contributed by atoms with Crippen molar-refractivity contribution in [2.45, 2.75) is 25.3 Å². The van der Waals surface area contributed by atoms with Gasteiger partial charge in [-0.05, 0) is 36.2 Å². The highest BCUT2D eigenvalue weighted by Crippen LogP contribution is 2.34. The molecule has 1 atom stereocenters. The first-order valence-electron chi connectivity index (χ1n) is 10.2. The third-order valence-corrected chi connectivity index (χ3v) is 5.78. The van der Waals surface area contributed by atoms with Crippen molar-refractivity contribution >= 4 is 35.0 Å². The quantitative estimate of drug-likeness (QED) is 0.423. The molecule has 1 fully saturated rings. The second-order valence-electron chi connectivity index (χ2n) is 7.70. The summed E-state index contributed by atoms with van der Waals surface area (Å²) in [6, 6.07) is 24.9. The molecule has 3 aromatic carbocycles. The molecular formula is C25H23ClFN3O. The molecule has 0 bridgehead atoms. The van der Waals surface area contributed by atoms with E-state index in [-0.39, 0.29) is 30.0 Å². The van der Waals surface area contributed by atoms with E-state index >= 15 is 0 Å². The topological polar surface area (TPSA) is 38.1 Å². The number of imidazole rings is 1. The number of carbonyl (C=O) groups is 1. The lowest BCUT2D eigenvalue weighted by Gasteiger charge is -2.18. The van der Waals surface area contributed by atoms with Crippen LogP contribution in [-0.4, -0.2) is 22.0 Å². The van der Waals surface area contributed by atoms with Crippen LogP contribution in [0.2, 0.25) is 0 Å². The van der Waals surface area contributed by atoms with Crippen LogP contribution in [0.5, 0.6) is 0 Å². The number of amides is 1. The second-order valence-corrected chi connectivity index (χ2v) is 7.70. The number of anilines is 1. The number of rotatable bonds is 5. The molecule has 1 unspecified atom stereocenters. The van der Waals surface area contributed by atoms with Gasteiger partial charge in [-0.2, -0.15) is 0 Å². The number of halogens is 2. The molecule has 31 heavy (non-hydrogen) atoms. The molecule has 0 aliphatic carbocycles. The Hall–Kier alpha value is -3.18. The number of para-hydroxylation sites is 3. The molecule has 6 heteroatoms. The Bertz CT molecular complexity index is 1210. The zero-order valence-corrected chi connectivity index (χ0v) is 17.8. The van der Waals surface area contributed by atoms with Crippen molar-refractivity contribution in [3.63, 3.8) is 0 Å². The number of benzene rings is 3. The summed E-state index contributed by atoms with van der Waals surface area (Å²) in [7, 11) is 0. The molecular weight excluding hydrogens is 413 g/mol. The lowest BCUT2D eigenvalue weighted by atomic mass is 10.1. The minimum atomic E-state index is -0.371. The van der Waals surface area contributed by atoms with Gasteiger partial charge in [-0.3, -0.25) is 4.79 Å². The lowest BCUT2D eigenvalue weighted by Crippen LogP contribution is -2.25. The number of nitrogens with zero attached hydrogens (tertiary/aromatic N) is 3. The third-order valence-electron chi connectivity index (χ3n) is 5.78. The van der Waals surface area contributed by atoms with Crippen LogP contribution >= 0.6 is 12.4 Å². The maximum absolute atomic E-state index is 14.3. The third kappa shape index (κ3) is 4.06. The smallest absolute Gasteiger partial charge is 0.227 e. The highest BCUT2D eigenvalue weighted by atomic mass is 35.5. The maximum atomic E-state index is 14.3. The van der Waals surface area contributed by atoms with Gasteiger partial charge in [-0.15, -0.1) is 12.4 Å². The first-order chi connectivity index (χ1) is 14.7. The van der Waals surface area contributed by atoms with Crippen LogP contribution in [0.15, 0.2) is 78.9 Å². The molecule has 1 aliphatic heterocycles. The molecule has 0 radical (unpaired) electrons. The first-order valence-corrected chi connectivity index (χ1v) is 10.2. The van der Waals surface area contributed by atoms with Crippen molar-refractivity contribution in [3.05, 3.63) is 96.1 Å². The molecule has 1 amide bonds. The van der Waals surface area contributed by atoms with Crippen molar-refractivity contribution in [3.8, 4) is 0 Å². The van der Waals surface area contributed by atoms with E-state index in [9.17, 15) is 9.18 Å². The monoisotopic (exact) mass is 435 g/mol. The fraction of sp³-hybridized carbons (Fsp3) is 0.200. The summed E-state index contributed by atoms with van der Waals surface area (Å²) < 4.78 is 16.5. The average Bonchev–Trinajstić information content (AvgIpc) is 3.34. The molecule has 0 saturated carbocycles. The van der Waals surface area contributed by atoms with E-state index in [0.717, 1.165) is 29.8 Å². The number of hydrogen-bond acceptors (Lipinski definition) is 2. The summed E-state index contributed by atoms with van der Waals surface area (Å²) >= 11 is 0. The van der Waals surface area contributed by atoms with Crippen molar-refractivity contribution in [1.29, 1.82) is 0 Å². The minimum Gasteiger partial charge on any atom is -0.327 e. The number of fused-ring (bicyclic) bond motifs is 1. The number of aryl methyl sites for hydroxylation is 2. The number of carbonyl (C=O) groups excluding carboxylic acids is 1. The molecule has 1 aromatic heterocycles. The summed E-state index contributed by atoms with van der Waals surface area (Å²) in [5, 5.41) is 0. The molecule has 1 aliphatic rings. The van der Waals surface area contributed by atoms with E-state index in [4.69, 9.17) is 4.98 Å². The van der Waals surface area contributed by atoms with Crippen molar-refractivity contribution in [1.82, 2.24) is 9.55 Å². The van der Waals surface area contributed by atoms with Crippen LogP contribution < -0.4 is 4.90 Å². The minimum absolute atomic E-state index is 0. The van der Waals surface area contributed by atoms with Crippen LogP contribution in [0, 0.1) is 5.82 Å². The molecule has 0 N–H and O–H groups in total. The summed E-state index contributed by atoms with van der Waals surface area (Å²) in [6.45, 7) is 1.22. The molecule has 2 heterocycles. The summed E-state index contributed by atoms with van der Waals surface area (Å²) in [6.07, 6.45) is 1.22. The van der Waals surface area contributed by atoms with Gasteiger partial charge in [0.15, 0.2) is 0 Å². The Balaban J connectivity index is 0.00000231.